The van der Waals surface area contributed by atoms with Crippen molar-refractivity contribution in [2.45, 2.75) is 38.3 Å². The summed E-state index contributed by atoms with van der Waals surface area (Å²) in [5, 5.41) is 2.66. The Morgan fingerprint density at radius 3 is 2.69 bits per heavy atom. The smallest absolute Gasteiger partial charge is 0.263 e. The van der Waals surface area contributed by atoms with Crippen molar-refractivity contribution in [3.05, 3.63) is 95.1 Å². The molecule has 2 atom stereocenters. The van der Waals surface area contributed by atoms with Gasteiger partial charge in [-0.2, -0.15) is 0 Å². The topological polar surface area (TPSA) is 85.7 Å². The number of fused-ring (bicyclic) bond motifs is 1. The van der Waals surface area contributed by atoms with Crippen molar-refractivity contribution in [2.24, 2.45) is 0 Å². The number of likely N-dealkylation sites (N-methyl/N-ethyl adjacent to an activating group) is 1. The number of hydrogen-bond acceptors (Lipinski definition) is 5. The number of halogens is 3. The monoisotopic (exact) mass is 580 g/mol. The minimum Gasteiger partial charge on any atom is -0.373 e. The van der Waals surface area contributed by atoms with Crippen molar-refractivity contribution in [2.75, 3.05) is 32.1 Å². The van der Waals surface area contributed by atoms with Gasteiger partial charge in [0.25, 0.3) is 18.2 Å². The molecule has 220 valence electrons. The maximum atomic E-state index is 15.9. The van der Waals surface area contributed by atoms with Crippen LogP contribution in [0.1, 0.15) is 46.5 Å². The summed E-state index contributed by atoms with van der Waals surface area (Å²) in [7, 11) is 1.70. The summed E-state index contributed by atoms with van der Waals surface area (Å²) in [5.41, 5.74) is 0.203. The number of hydrogen-bond donors (Lipinski definition) is 1. The minimum atomic E-state index is -2.74. The minimum absolute atomic E-state index is 0.00513. The molecule has 1 saturated heterocycles. The van der Waals surface area contributed by atoms with Crippen LogP contribution in [-0.2, 0) is 27.4 Å². The van der Waals surface area contributed by atoms with Gasteiger partial charge in [0.2, 0.25) is 5.95 Å². The van der Waals surface area contributed by atoms with Gasteiger partial charge in [-0.15, -0.1) is 0 Å². The van der Waals surface area contributed by atoms with E-state index < -0.39 is 24.1 Å². The van der Waals surface area contributed by atoms with Gasteiger partial charge in [-0.05, 0) is 42.3 Å². The van der Waals surface area contributed by atoms with E-state index in [0.717, 1.165) is 11.6 Å². The molecule has 11 heteroatoms. The normalized spacial score (nSPS) is 17.0. The standard InChI is InChI=1S/C31H31F3N4O4/c1-31(34,19-41-17-20-7-4-3-5-8-20)18-38-25-12-11-21(26-29(40)37(2)13-14-42-26)16-24(25)35-30(38)36-28(39)23-10-6-9-22(15-23)27(32)33/h3-12,15-16,26-27H,13-14,17-19H2,1-2H3,(H,35,36,39). The first kappa shape index (κ1) is 29.3. The number of nitrogens with zero attached hydrogens (tertiary/aromatic N) is 3. The summed E-state index contributed by atoms with van der Waals surface area (Å²) < 4.78 is 55.3. The molecule has 0 saturated carbocycles. The van der Waals surface area contributed by atoms with Crippen molar-refractivity contribution < 1.29 is 32.2 Å². The van der Waals surface area contributed by atoms with Crippen molar-refractivity contribution in [1.29, 1.82) is 0 Å². The molecule has 1 aromatic heterocycles. The first-order valence-corrected chi connectivity index (χ1v) is 13.5. The van der Waals surface area contributed by atoms with Crippen LogP contribution < -0.4 is 5.32 Å². The highest BCUT2D eigenvalue weighted by atomic mass is 19.3. The lowest BCUT2D eigenvalue weighted by Gasteiger charge is -2.29. The first-order valence-electron chi connectivity index (χ1n) is 13.5. The molecule has 1 aliphatic heterocycles. The fourth-order valence-electron chi connectivity index (χ4n) is 4.81. The number of imidazole rings is 1. The number of carbonyl (C=O) groups is 2. The largest absolute Gasteiger partial charge is 0.373 e. The number of amides is 2. The summed E-state index contributed by atoms with van der Waals surface area (Å²) in [6.45, 7) is 2.01. The van der Waals surface area contributed by atoms with Gasteiger partial charge in [0.1, 0.15) is 5.67 Å². The van der Waals surface area contributed by atoms with Crippen LogP contribution in [0.2, 0.25) is 0 Å². The van der Waals surface area contributed by atoms with E-state index in [1.807, 2.05) is 30.3 Å². The molecule has 8 nitrogen and oxygen atoms in total. The summed E-state index contributed by atoms with van der Waals surface area (Å²) >= 11 is 0. The molecule has 1 fully saturated rings. The van der Waals surface area contributed by atoms with Crippen molar-refractivity contribution in [1.82, 2.24) is 14.5 Å². The quantitative estimate of drug-likeness (QED) is 0.260. The van der Waals surface area contributed by atoms with Gasteiger partial charge in [0, 0.05) is 24.7 Å². The van der Waals surface area contributed by atoms with Gasteiger partial charge in [-0.25, -0.2) is 18.2 Å². The molecule has 3 aromatic carbocycles. The molecule has 5 rings (SSSR count). The molecule has 0 bridgehead atoms. The fraction of sp³-hybridized carbons (Fsp3) is 0.323. The Morgan fingerprint density at radius 2 is 1.93 bits per heavy atom. The molecular formula is C31H31F3N4O4. The Bertz CT molecular complexity index is 1580. The van der Waals surface area contributed by atoms with Crippen LogP contribution in [-0.4, -0.2) is 58.7 Å². The highest BCUT2D eigenvalue weighted by molar-refractivity contribution is 6.04. The number of morpholine rings is 1. The molecule has 2 heterocycles. The third kappa shape index (κ3) is 6.63. The van der Waals surface area contributed by atoms with Crippen LogP contribution in [0.15, 0.2) is 72.8 Å². The summed E-state index contributed by atoms with van der Waals surface area (Å²) in [4.78, 5) is 31.9. The highest BCUT2D eigenvalue weighted by Gasteiger charge is 2.31. The average Bonchev–Trinajstić information content (AvgIpc) is 3.30. The molecule has 1 N–H and O–H groups in total. The third-order valence-electron chi connectivity index (χ3n) is 7.02. The van der Waals surface area contributed by atoms with E-state index in [1.165, 1.54) is 29.7 Å². The maximum absolute atomic E-state index is 15.9. The number of rotatable bonds is 10. The Kier molecular flexibility index (Phi) is 8.60. The molecule has 4 aromatic rings. The molecular weight excluding hydrogens is 549 g/mol. The zero-order chi connectivity index (χ0) is 29.9. The fourth-order valence-corrected chi connectivity index (χ4v) is 4.81. The van der Waals surface area contributed by atoms with Gasteiger partial charge in [0.05, 0.1) is 37.4 Å². The number of alkyl halides is 3. The average molecular weight is 581 g/mol. The molecule has 42 heavy (non-hydrogen) atoms. The molecule has 0 aliphatic carbocycles. The Hall–Kier alpha value is -4.22. The summed E-state index contributed by atoms with van der Waals surface area (Å²) in [6.07, 6.45) is -3.56. The van der Waals surface area contributed by atoms with Gasteiger partial charge in [0.15, 0.2) is 6.10 Å². The van der Waals surface area contributed by atoms with Crippen LogP contribution >= 0.6 is 0 Å². The Labute approximate surface area is 241 Å². The van der Waals surface area contributed by atoms with Crippen LogP contribution in [0.25, 0.3) is 11.0 Å². The van der Waals surface area contributed by atoms with Crippen molar-refractivity contribution >= 4 is 28.8 Å². The van der Waals surface area contributed by atoms with Crippen LogP contribution in [0.4, 0.5) is 19.1 Å². The number of carbonyl (C=O) groups excluding carboxylic acids is 2. The van der Waals surface area contributed by atoms with Crippen LogP contribution in [0.3, 0.4) is 0 Å². The third-order valence-corrected chi connectivity index (χ3v) is 7.02. The second-order valence-electron chi connectivity index (χ2n) is 10.6. The van der Waals surface area contributed by atoms with E-state index in [0.29, 0.717) is 29.7 Å². The summed E-state index contributed by atoms with van der Waals surface area (Å²) in [6, 6.07) is 19.6. The lowest BCUT2D eigenvalue weighted by molar-refractivity contribution is -0.151. The molecule has 1 aliphatic rings. The lowest BCUT2D eigenvalue weighted by atomic mass is 10.1. The number of benzene rings is 3. The summed E-state index contributed by atoms with van der Waals surface area (Å²) in [5.74, 6) is -0.850. The second-order valence-corrected chi connectivity index (χ2v) is 10.6. The highest BCUT2D eigenvalue weighted by Crippen LogP contribution is 2.30. The molecule has 2 amide bonds. The van der Waals surface area contributed by atoms with Gasteiger partial charge >= 0.3 is 0 Å². The van der Waals surface area contributed by atoms with Gasteiger partial charge < -0.3 is 18.9 Å². The zero-order valence-corrected chi connectivity index (χ0v) is 23.2. The predicted molar refractivity (Wildman–Crippen MR) is 151 cm³/mol. The van der Waals surface area contributed by atoms with E-state index in [1.54, 1.807) is 30.1 Å². The Morgan fingerprint density at radius 1 is 1.14 bits per heavy atom. The van der Waals surface area contributed by atoms with Gasteiger partial charge in [-0.1, -0.05) is 48.5 Å². The SMILES string of the molecule is CN1CCOC(c2ccc3c(c2)nc(NC(=O)c2cccc(C(F)F)c2)n3CC(C)(F)COCc2ccccc2)C1=O. The van der Waals surface area contributed by atoms with Gasteiger partial charge in [-0.3, -0.25) is 14.9 Å². The number of anilines is 1. The zero-order valence-electron chi connectivity index (χ0n) is 23.2. The predicted octanol–water partition coefficient (Wildman–Crippen LogP) is 5.70. The first-order chi connectivity index (χ1) is 20.1. The molecule has 2 unspecified atom stereocenters. The second kappa shape index (κ2) is 12.3. The van der Waals surface area contributed by atoms with E-state index in [9.17, 15) is 18.4 Å². The van der Waals surface area contributed by atoms with Crippen LogP contribution in [0.5, 0.6) is 0 Å². The lowest BCUT2D eigenvalue weighted by Crippen LogP contribution is -2.40. The van der Waals surface area contributed by atoms with Crippen molar-refractivity contribution in [3.63, 3.8) is 0 Å². The van der Waals surface area contributed by atoms with Crippen LogP contribution in [0, 0.1) is 0 Å². The van der Waals surface area contributed by atoms with E-state index >= 15 is 4.39 Å². The Balaban J connectivity index is 1.44. The van der Waals surface area contributed by atoms with E-state index in [4.69, 9.17) is 9.47 Å². The van der Waals surface area contributed by atoms with Crippen molar-refractivity contribution in [3.8, 4) is 0 Å². The maximum Gasteiger partial charge on any atom is 0.263 e. The molecule has 0 radical (unpaired) electrons. The molecule has 0 spiro atoms. The van der Waals surface area contributed by atoms with E-state index in [-0.39, 0.29) is 42.7 Å². The number of nitrogens with one attached hydrogen (secondary N) is 1. The number of ether oxygens (including phenoxy) is 2. The number of aromatic nitrogens is 2. The van der Waals surface area contributed by atoms with E-state index in [2.05, 4.69) is 10.3 Å².